The second kappa shape index (κ2) is 5.49. The lowest BCUT2D eigenvalue weighted by molar-refractivity contribution is 0.323. The summed E-state index contributed by atoms with van der Waals surface area (Å²) in [6.45, 7) is 6.32. The average Bonchev–Trinajstić information content (AvgIpc) is 2.86. The van der Waals surface area contributed by atoms with Crippen molar-refractivity contribution in [3.63, 3.8) is 0 Å². The minimum absolute atomic E-state index is 0.439. The van der Waals surface area contributed by atoms with Crippen molar-refractivity contribution < 1.29 is 0 Å². The van der Waals surface area contributed by atoms with Crippen LogP contribution in [0.25, 0.3) is 0 Å². The first kappa shape index (κ1) is 11.7. The number of thiophene rings is 1. The number of hydrogen-bond donors (Lipinski definition) is 1. The summed E-state index contributed by atoms with van der Waals surface area (Å²) < 4.78 is 0. The van der Waals surface area contributed by atoms with Gasteiger partial charge in [0.15, 0.2) is 0 Å². The first-order valence-corrected chi connectivity index (χ1v) is 6.64. The minimum atomic E-state index is 0.439. The lowest BCUT2D eigenvalue weighted by atomic mass is 10.2. The molecule has 0 bridgehead atoms. The third-order valence-corrected chi connectivity index (χ3v) is 3.80. The molecule has 0 aliphatic carbocycles. The molecule has 1 aliphatic heterocycles. The topological polar surface area (TPSA) is 29.3 Å². The molecule has 0 amide bonds. The van der Waals surface area contributed by atoms with E-state index in [9.17, 15) is 0 Å². The molecule has 1 aromatic rings. The van der Waals surface area contributed by atoms with E-state index in [1.54, 1.807) is 11.3 Å². The monoisotopic (exact) mass is 234 g/mol. The summed E-state index contributed by atoms with van der Waals surface area (Å²) in [4.78, 5) is 3.94. The molecule has 2 N–H and O–H groups in total. The molecule has 1 saturated heterocycles. The van der Waals surface area contributed by atoms with Gasteiger partial charge in [-0.1, -0.05) is 18.8 Å². The summed E-state index contributed by atoms with van der Waals surface area (Å²) in [5.41, 5.74) is 6.46. The van der Waals surface area contributed by atoms with Gasteiger partial charge < -0.3 is 5.73 Å². The molecule has 2 heterocycles. The Hall–Kier alpha value is -0.820. The molecule has 0 spiro atoms. The highest BCUT2D eigenvalue weighted by Gasteiger charge is 2.18. The Bertz CT molecular complexity index is 400. The summed E-state index contributed by atoms with van der Waals surface area (Å²) in [5.74, 6) is 6.82. The van der Waals surface area contributed by atoms with Gasteiger partial charge in [-0.15, -0.1) is 11.3 Å². The first-order valence-electron chi connectivity index (χ1n) is 5.76. The van der Waals surface area contributed by atoms with Gasteiger partial charge in [0, 0.05) is 28.9 Å². The fourth-order valence-electron chi connectivity index (χ4n) is 2.07. The van der Waals surface area contributed by atoms with Crippen LogP contribution in [-0.4, -0.2) is 24.5 Å². The number of likely N-dealkylation sites (tertiary alicyclic amines) is 1. The maximum atomic E-state index is 5.35. The number of hydrogen-bond acceptors (Lipinski definition) is 3. The van der Waals surface area contributed by atoms with Crippen LogP contribution in [0.3, 0.4) is 0 Å². The van der Waals surface area contributed by atoms with E-state index in [1.807, 2.05) is 0 Å². The smallest absolute Gasteiger partial charge is 0.0555 e. The summed E-state index contributed by atoms with van der Waals surface area (Å²) in [5, 5.41) is 2.12. The van der Waals surface area contributed by atoms with Crippen molar-refractivity contribution >= 4 is 11.3 Å². The van der Waals surface area contributed by atoms with Crippen LogP contribution in [0.5, 0.6) is 0 Å². The van der Waals surface area contributed by atoms with Gasteiger partial charge in [-0.2, -0.15) is 0 Å². The summed E-state index contributed by atoms with van der Waals surface area (Å²) in [6.07, 6.45) is 1.34. The minimum Gasteiger partial charge on any atom is -0.320 e. The zero-order chi connectivity index (χ0) is 11.4. The predicted octanol–water partition coefficient (Wildman–Crippen LogP) is 1.90. The van der Waals surface area contributed by atoms with Crippen molar-refractivity contribution in [1.29, 1.82) is 0 Å². The molecule has 0 aromatic carbocycles. The Kier molecular flexibility index (Phi) is 4.00. The van der Waals surface area contributed by atoms with Crippen molar-refractivity contribution in [1.82, 2.24) is 4.90 Å². The van der Waals surface area contributed by atoms with Gasteiger partial charge >= 0.3 is 0 Å². The van der Waals surface area contributed by atoms with E-state index in [0.29, 0.717) is 6.54 Å². The molecule has 2 rings (SSSR count). The van der Waals surface area contributed by atoms with Crippen LogP contribution in [0.4, 0.5) is 0 Å². The third-order valence-electron chi connectivity index (χ3n) is 2.88. The Labute approximate surface area is 101 Å². The zero-order valence-corrected chi connectivity index (χ0v) is 10.5. The highest BCUT2D eigenvalue weighted by molar-refractivity contribution is 7.10. The second-order valence-corrected chi connectivity index (χ2v) is 5.43. The molecule has 0 saturated carbocycles. The highest BCUT2D eigenvalue weighted by atomic mass is 32.1. The molecule has 0 radical (unpaired) electrons. The fraction of sp³-hybridized carbons (Fsp3) is 0.538. The third kappa shape index (κ3) is 3.08. The number of nitrogens with two attached hydrogens (primary N) is 1. The van der Waals surface area contributed by atoms with Crippen LogP contribution in [0.1, 0.15) is 23.8 Å². The average molecular weight is 234 g/mol. The van der Waals surface area contributed by atoms with Crippen LogP contribution in [-0.2, 0) is 6.54 Å². The molecule has 1 aromatic heterocycles. The van der Waals surface area contributed by atoms with Crippen LogP contribution < -0.4 is 5.73 Å². The van der Waals surface area contributed by atoms with Gasteiger partial charge in [0.05, 0.1) is 6.54 Å². The van der Waals surface area contributed by atoms with Gasteiger partial charge in [-0.3, -0.25) is 4.90 Å². The van der Waals surface area contributed by atoms with Gasteiger partial charge in [-0.05, 0) is 24.9 Å². The summed E-state index contributed by atoms with van der Waals surface area (Å²) in [6, 6.07) is 2.19. The molecular weight excluding hydrogens is 216 g/mol. The van der Waals surface area contributed by atoms with Crippen LogP contribution in [0.2, 0.25) is 0 Å². The van der Waals surface area contributed by atoms with Gasteiger partial charge in [-0.25, -0.2) is 0 Å². The van der Waals surface area contributed by atoms with Gasteiger partial charge in [0.1, 0.15) is 0 Å². The van der Waals surface area contributed by atoms with E-state index in [2.05, 4.69) is 35.1 Å². The van der Waals surface area contributed by atoms with Crippen molar-refractivity contribution in [3.05, 3.63) is 21.9 Å². The molecular formula is C13H18N2S. The van der Waals surface area contributed by atoms with Crippen molar-refractivity contribution in [2.24, 2.45) is 11.7 Å². The predicted molar refractivity (Wildman–Crippen MR) is 69.3 cm³/mol. The molecule has 1 unspecified atom stereocenters. The van der Waals surface area contributed by atoms with E-state index in [1.165, 1.54) is 24.4 Å². The Morgan fingerprint density at radius 1 is 1.62 bits per heavy atom. The number of rotatable bonds is 2. The van der Waals surface area contributed by atoms with E-state index in [0.717, 1.165) is 18.0 Å². The van der Waals surface area contributed by atoms with Crippen LogP contribution in [0, 0.1) is 17.8 Å². The van der Waals surface area contributed by atoms with E-state index in [-0.39, 0.29) is 0 Å². The van der Waals surface area contributed by atoms with E-state index < -0.39 is 0 Å². The van der Waals surface area contributed by atoms with Crippen molar-refractivity contribution in [2.75, 3.05) is 19.6 Å². The Morgan fingerprint density at radius 3 is 3.19 bits per heavy atom. The lowest BCUT2D eigenvalue weighted by Crippen LogP contribution is -2.18. The Morgan fingerprint density at radius 2 is 2.50 bits per heavy atom. The molecule has 1 aliphatic rings. The SMILES string of the molecule is CC1CCN(Cc2cc(C#CCN)cs2)C1. The maximum absolute atomic E-state index is 5.35. The van der Waals surface area contributed by atoms with Gasteiger partial charge in [0.2, 0.25) is 0 Å². The highest BCUT2D eigenvalue weighted by Crippen LogP contribution is 2.21. The van der Waals surface area contributed by atoms with Crippen molar-refractivity contribution in [2.45, 2.75) is 19.9 Å². The summed E-state index contributed by atoms with van der Waals surface area (Å²) >= 11 is 1.80. The first-order chi connectivity index (χ1) is 7.78. The van der Waals surface area contributed by atoms with Crippen molar-refractivity contribution in [3.8, 4) is 11.8 Å². The Balaban J connectivity index is 1.92. The molecule has 86 valence electrons. The fourth-order valence-corrected chi connectivity index (χ4v) is 2.93. The molecule has 1 fully saturated rings. The van der Waals surface area contributed by atoms with Gasteiger partial charge in [0.25, 0.3) is 0 Å². The maximum Gasteiger partial charge on any atom is 0.0555 e. The summed E-state index contributed by atoms with van der Waals surface area (Å²) in [7, 11) is 0. The normalized spacial score (nSPS) is 20.8. The largest absolute Gasteiger partial charge is 0.320 e. The lowest BCUT2D eigenvalue weighted by Gasteiger charge is -2.13. The second-order valence-electron chi connectivity index (χ2n) is 4.44. The van der Waals surface area contributed by atoms with Crippen LogP contribution in [0.15, 0.2) is 11.4 Å². The molecule has 1 atom stereocenters. The van der Waals surface area contributed by atoms with E-state index in [4.69, 9.17) is 5.73 Å². The molecule has 3 heteroatoms. The standard InChI is InChI=1S/C13H18N2S/c1-11-4-6-15(8-11)9-13-7-12(10-16-13)3-2-5-14/h7,10-11H,4-6,8-9,14H2,1H3. The molecule has 2 nitrogen and oxygen atoms in total. The van der Waals surface area contributed by atoms with Crippen LogP contribution >= 0.6 is 11.3 Å². The van der Waals surface area contributed by atoms with E-state index >= 15 is 0 Å². The zero-order valence-electron chi connectivity index (χ0n) is 9.70. The molecule has 16 heavy (non-hydrogen) atoms. The quantitative estimate of drug-likeness (QED) is 0.792. The number of nitrogens with zero attached hydrogens (tertiary/aromatic N) is 1.